The number of ether oxygens (including phenoxy) is 1. The number of hydrogen-bond acceptors (Lipinski definition) is 3. The summed E-state index contributed by atoms with van der Waals surface area (Å²) in [6.45, 7) is 9.77. The molecule has 106 valence electrons. The van der Waals surface area contributed by atoms with E-state index in [0.717, 1.165) is 17.0 Å². The Labute approximate surface area is 120 Å². The van der Waals surface area contributed by atoms with E-state index in [-0.39, 0.29) is 5.97 Å². The van der Waals surface area contributed by atoms with Crippen molar-refractivity contribution in [3.05, 3.63) is 54.1 Å². The highest BCUT2D eigenvalue weighted by atomic mass is 16.5. The van der Waals surface area contributed by atoms with Gasteiger partial charge in [0.2, 0.25) is 0 Å². The van der Waals surface area contributed by atoms with Crippen molar-refractivity contribution in [2.75, 3.05) is 6.61 Å². The Kier molecular flexibility index (Phi) is 6.44. The normalized spacial score (nSPS) is 12.2. The molecular weight excluding hydrogens is 250 g/mol. The van der Waals surface area contributed by atoms with Crippen molar-refractivity contribution in [1.82, 2.24) is 0 Å². The minimum atomic E-state index is -0.345. The van der Waals surface area contributed by atoms with Gasteiger partial charge < -0.3 is 4.74 Å². The number of nitrogens with zero attached hydrogens (tertiary/aromatic N) is 1. The molecule has 0 bridgehead atoms. The van der Waals surface area contributed by atoms with Crippen LogP contribution in [0.2, 0.25) is 0 Å². The Morgan fingerprint density at radius 1 is 1.35 bits per heavy atom. The van der Waals surface area contributed by atoms with E-state index in [2.05, 4.69) is 11.6 Å². The van der Waals surface area contributed by atoms with Crippen LogP contribution in [0.1, 0.15) is 25.8 Å². The van der Waals surface area contributed by atoms with Crippen LogP contribution in [0.25, 0.3) is 0 Å². The molecule has 0 aromatic heterocycles. The predicted molar refractivity (Wildman–Crippen MR) is 83.5 cm³/mol. The second-order valence-corrected chi connectivity index (χ2v) is 4.45. The molecule has 0 aliphatic carbocycles. The average Bonchev–Trinajstić information content (AvgIpc) is 2.41. The van der Waals surface area contributed by atoms with Crippen LogP contribution in [0.4, 0.5) is 5.69 Å². The Balaban J connectivity index is 2.98. The fourth-order valence-corrected chi connectivity index (χ4v) is 1.68. The van der Waals surface area contributed by atoms with Crippen LogP contribution in [0.15, 0.2) is 53.6 Å². The lowest BCUT2D eigenvalue weighted by molar-refractivity contribution is -0.137. The van der Waals surface area contributed by atoms with Crippen LogP contribution in [-0.4, -0.2) is 18.3 Å². The largest absolute Gasteiger partial charge is 0.463 e. The minimum Gasteiger partial charge on any atom is -0.463 e. The summed E-state index contributed by atoms with van der Waals surface area (Å²) >= 11 is 0. The van der Waals surface area contributed by atoms with Gasteiger partial charge in [-0.25, -0.2) is 4.79 Å². The van der Waals surface area contributed by atoms with Gasteiger partial charge in [-0.05, 0) is 44.9 Å². The van der Waals surface area contributed by atoms with E-state index in [0.29, 0.717) is 13.0 Å². The fraction of sp³-hybridized carbons (Fsp3) is 0.294. The second kappa shape index (κ2) is 8.10. The second-order valence-electron chi connectivity index (χ2n) is 4.45. The Morgan fingerprint density at radius 3 is 2.55 bits per heavy atom. The first-order chi connectivity index (χ1) is 9.56. The van der Waals surface area contributed by atoms with E-state index in [9.17, 15) is 4.79 Å². The molecule has 1 aromatic rings. The molecule has 0 spiro atoms. The third kappa shape index (κ3) is 5.22. The van der Waals surface area contributed by atoms with Gasteiger partial charge in [-0.15, -0.1) is 6.58 Å². The van der Waals surface area contributed by atoms with Crippen LogP contribution >= 0.6 is 0 Å². The molecule has 1 aromatic carbocycles. The van der Waals surface area contributed by atoms with Gasteiger partial charge in [0, 0.05) is 11.8 Å². The first-order valence-electron chi connectivity index (χ1n) is 6.67. The van der Waals surface area contributed by atoms with E-state index in [1.807, 2.05) is 38.1 Å². The van der Waals surface area contributed by atoms with Crippen molar-refractivity contribution in [3.8, 4) is 0 Å². The van der Waals surface area contributed by atoms with Crippen molar-refractivity contribution in [1.29, 1.82) is 0 Å². The standard InChI is InChI=1S/C17H21NO2/c1-5-7-15(12-17(19)20-6-2)14(4)18-16-10-8-13(3)9-11-16/h5,8-12H,1,6-7H2,2-4H3/b15-12+,18-14?. The van der Waals surface area contributed by atoms with E-state index in [1.54, 1.807) is 13.0 Å². The van der Waals surface area contributed by atoms with Gasteiger partial charge in [-0.1, -0.05) is 23.8 Å². The number of allylic oxidation sites excluding steroid dienone is 2. The van der Waals surface area contributed by atoms with Gasteiger partial charge in [-0.3, -0.25) is 4.99 Å². The molecule has 0 N–H and O–H groups in total. The molecule has 0 saturated carbocycles. The Bertz CT molecular complexity index is 524. The molecule has 0 heterocycles. The van der Waals surface area contributed by atoms with Crippen molar-refractivity contribution in [2.24, 2.45) is 4.99 Å². The molecule has 0 radical (unpaired) electrons. The number of aryl methyl sites for hydroxylation is 1. The smallest absolute Gasteiger partial charge is 0.331 e. The SMILES string of the molecule is C=CC/C(=C\C(=O)OCC)C(C)=Nc1ccc(C)cc1. The lowest BCUT2D eigenvalue weighted by Crippen LogP contribution is -2.05. The minimum absolute atomic E-state index is 0.345. The zero-order chi connectivity index (χ0) is 15.0. The quantitative estimate of drug-likeness (QED) is 0.337. The summed E-state index contributed by atoms with van der Waals surface area (Å²) in [6, 6.07) is 7.92. The van der Waals surface area contributed by atoms with Crippen molar-refractivity contribution in [2.45, 2.75) is 27.2 Å². The summed E-state index contributed by atoms with van der Waals surface area (Å²) < 4.78 is 4.93. The van der Waals surface area contributed by atoms with E-state index in [1.165, 1.54) is 11.6 Å². The number of esters is 1. The molecule has 0 aliphatic heterocycles. The summed E-state index contributed by atoms with van der Waals surface area (Å²) in [5, 5.41) is 0. The molecule has 20 heavy (non-hydrogen) atoms. The maximum absolute atomic E-state index is 11.5. The lowest BCUT2D eigenvalue weighted by atomic mass is 10.1. The van der Waals surface area contributed by atoms with E-state index in [4.69, 9.17) is 4.74 Å². The summed E-state index contributed by atoms with van der Waals surface area (Å²) in [7, 11) is 0. The van der Waals surface area contributed by atoms with Crippen molar-refractivity contribution >= 4 is 17.4 Å². The zero-order valence-electron chi connectivity index (χ0n) is 12.3. The molecule has 1 rings (SSSR count). The molecule has 0 saturated heterocycles. The number of carbonyl (C=O) groups is 1. The maximum atomic E-state index is 11.5. The van der Waals surface area contributed by atoms with Crippen LogP contribution in [0.5, 0.6) is 0 Å². The first kappa shape index (κ1) is 15.9. The monoisotopic (exact) mass is 271 g/mol. The zero-order valence-corrected chi connectivity index (χ0v) is 12.3. The average molecular weight is 271 g/mol. The van der Waals surface area contributed by atoms with E-state index < -0.39 is 0 Å². The molecular formula is C17H21NO2. The third-order valence-corrected chi connectivity index (χ3v) is 2.74. The van der Waals surface area contributed by atoms with Crippen LogP contribution in [-0.2, 0) is 9.53 Å². The molecule has 3 heteroatoms. The first-order valence-corrected chi connectivity index (χ1v) is 6.67. The highest BCUT2D eigenvalue weighted by Gasteiger charge is 2.05. The summed E-state index contributed by atoms with van der Waals surface area (Å²) in [5.74, 6) is -0.345. The van der Waals surface area contributed by atoms with Gasteiger partial charge in [0.05, 0.1) is 12.3 Å². The summed E-state index contributed by atoms with van der Waals surface area (Å²) in [4.78, 5) is 16.1. The molecule has 0 aliphatic rings. The Morgan fingerprint density at radius 2 is 2.00 bits per heavy atom. The van der Waals surface area contributed by atoms with E-state index >= 15 is 0 Å². The highest BCUT2D eigenvalue weighted by Crippen LogP contribution is 2.16. The molecule has 0 fully saturated rings. The fourth-order valence-electron chi connectivity index (χ4n) is 1.68. The van der Waals surface area contributed by atoms with Crippen LogP contribution < -0.4 is 0 Å². The van der Waals surface area contributed by atoms with Gasteiger partial charge >= 0.3 is 5.97 Å². The molecule has 0 unspecified atom stereocenters. The van der Waals surface area contributed by atoms with Crippen molar-refractivity contribution in [3.63, 3.8) is 0 Å². The van der Waals surface area contributed by atoms with Crippen LogP contribution in [0, 0.1) is 6.92 Å². The summed E-state index contributed by atoms with van der Waals surface area (Å²) in [5.41, 5.74) is 3.67. The highest BCUT2D eigenvalue weighted by molar-refractivity contribution is 6.04. The lowest BCUT2D eigenvalue weighted by Gasteiger charge is -2.05. The number of hydrogen-bond donors (Lipinski definition) is 0. The summed E-state index contributed by atoms with van der Waals surface area (Å²) in [6.07, 6.45) is 3.82. The Hall–Kier alpha value is -2.16. The number of aliphatic imine (C=N–C) groups is 1. The molecule has 0 atom stereocenters. The van der Waals surface area contributed by atoms with Crippen molar-refractivity contribution < 1.29 is 9.53 Å². The van der Waals surface area contributed by atoms with Gasteiger partial charge in [-0.2, -0.15) is 0 Å². The van der Waals surface area contributed by atoms with Gasteiger partial charge in [0.1, 0.15) is 0 Å². The topological polar surface area (TPSA) is 38.7 Å². The molecule has 3 nitrogen and oxygen atoms in total. The molecule has 0 amide bonds. The number of carbonyl (C=O) groups excluding carboxylic acids is 1. The van der Waals surface area contributed by atoms with Gasteiger partial charge in [0.15, 0.2) is 0 Å². The number of benzene rings is 1. The number of rotatable bonds is 6. The predicted octanol–water partition coefficient (Wildman–Crippen LogP) is 4.15. The van der Waals surface area contributed by atoms with Gasteiger partial charge in [0.25, 0.3) is 0 Å². The third-order valence-electron chi connectivity index (χ3n) is 2.74. The maximum Gasteiger partial charge on any atom is 0.331 e. The van der Waals surface area contributed by atoms with Crippen LogP contribution in [0.3, 0.4) is 0 Å².